The third-order valence-electron chi connectivity index (χ3n) is 1.47. The van der Waals surface area contributed by atoms with Gasteiger partial charge in [-0.3, -0.25) is 0 Å². The Labute approximate surface area is 76.4 Å². The van der Waals surface area contributed by atoms with E-state index in [1.807, 2.05) is 6.92 Å². The van der Waals surface area contributed by atoms with E-state index in [-0.39, 0.29) is 0 Å². The van der Waals surface area contributed by atoms with Gasteiger partial charge in [0, 0.05) is 6.42 Å². The fraction of sp³-hybridized carbons (Fsp3) is 0.800. The lowest BCUT2D eigenvalue weighted by atomic mass is 10.4. The van der Waals surface area contributed by atoms with E-state index in [1.165, 1.54) is 0 Å². The summed E-state index contributed by atoms with van der Waals surface area (Å²) in [4.78, 5) is 0. The Bertz CT molecular complexity index is 135. The molecule has 0 aromatic rings. The molecule has 0 radical (unpaired) electrons. The second-order valence-electron chi connectivity index (χ2n) is 4.38. The predicted molar refractivity (Wildman–Crippen MR) is 53.1 cm³/mol. The zero-order chi connectivity index (χ0) is 9.61. The molecule has 0 aliphatic carbocycles. The van der Waals surface area contributed by atoms with Crippen LogP contribution in [0.4, 0.5) is 0 Å². The van der Waals surface area contributed by atoms with E-state index in [1.54, 1.807) is 0 Å². The smallest absolute Gasteiger partial charge is 0.0802 e. The number of hydrogen-bond acceptors (Lipinski definition) is 1. The number of hydrogen-bond donors (Lipinski definition) is 0. The molecular weight excluding hydrogens is 150 g/mol. The third-order valence-corrected chi connectivity index (χ3v) is 1.47. The van der Waals surface area contributed by atoms with Crippen molar-refractivity contribution in [3.63, 3.8) is 0 Å². The average molecular weight is 172 g/mol. The molecule has 0 fully saturated rings. The molecule has 0 aromatic heterocycles. The maximum absolute atomic E-state index is 5.38. The predicted octanol–water partition coefficient (Wildman–Crippen LogP) is 1.68. The summed E-state index contributed by atoms with van der Waals surface area (Å²) in [6.07, 6.45) is 1.12. The van der Waals surface area contributed by atoms with Crippen LogP contribution in [0.15, 0.2) is 12.2 Å². The molecule has 0 spiro atoms. The fourth-order valence-electron chi connectivity index (χ4n) is 0.887. The Morgan fingerprint density at radius 2 is 1.92 bits per heavy atom. The lowest BCUT2D eigenvalue weighted by molar-refractivity contribution is -0.870. The van der Waals surface area contributed by atoms with Gasteiger partial charge >= 0.3 is 0 Å². The zero-order valence-corrected chi connectivity index (χ0v) is 8.89. The van der Waals surface area contributed by atoms with Crippen molar-refractivity contribution in [2.45, 2.75) is 13.3 Å². The molecule has 0 unspecified atom stereocenters. The van der Waals surface area contributed by atoms with Gasteiger partial charge in [0.25, 0.3) is 0 Å². The van der Waals surface area contributed by atoms with Crippen LogP contribution in [0.3, 0.4) is 0 Å². The normalized spacial score (nSPS) is 11.7. The molecule has 0 atom stereocenters. The van der Waals surface area contributed by atoms with Crippen LogP contribution in [0, 0.1) is 0 Å². The van der Waals surface area contributed by atoms with E-state index >= 15 is 0 Å². The molecule has 0 saturated carbocycles. The summed E-state index contributed by atoms with van der Waals surface area (Å²) in [6, 6.07) is 0. The summed E-state index contributed by atoms with van der Waals surface area (Å²) < 4.78 is 6.39. The van der Waals surface area contributed by atoms with Crippen molar-refractivity contribution >= 4 is 0 Å². The van der Waals surface area contributed by atoms with Crippen LogP contribution in [0.2, 0.25) is 0 Å². The molecule has 72 valence electrons. The molecule has 0 heterocycles. The van der Waals surface area contributed by atoms with Gasteiger partial charge in [-0.1, -0.05) is 12.2 Å². The summed E-state index contributed by atoms with van der Waals surface area (Å²) in [7, 11) is 6.58. The van der Waals surface area contributed by atoms with Crippen LogP contribution in [0.1, 0.15) is 13.3 Å². The van der Waals surface area contributed by atoms with Gasteiger partial charge in [0.1, 0.15) is 0 Å². The first-order valence-corrected chi connectivity index (χ1v) is 4.44. The second-order valence-corrected chi connectivity index (χ2v) is 4.38. The molecular formula is C10H22NO+. The maximum atomic E-state index is 5.38. The summed E-state index contributed by atoms with van der Waals surface area (Å²) in [5, 5.41) is 0. The zero-order valence-electron chi connectivity index (χ0n) is 8.89. The SMILES string of the molecule is C=C(C)COCCC[N+](C)(C)C. The van der Waals surface area contributed by atoms with Crippen LogP contribution in [0.5, 0.6) is 0 Å². The number of quaternary nitrogens is 1. The van der Waals surface area contributed by atoms with Crippen LogP contribution >= 0.6 is 0 Å². The largest absolute Gasteiger partial charge is 0.377 e. The van der Waals surface area contributed by atoms with Crippen molar-refractivity contribution in [3.05, 3.63) is 12.2 Å². The molecule has 2 heteroatoms. The fourth-order valence-corrected chi connectivity index (χ4v) is 0.887. The molecule has 0 amide bonds. The Morgan fingerprint density at radius 1 is 1.33 bits per heavy atom. The second kappa shape index (κ2) is 5.33. The number of ether oxygens (including phenoxy) is 1. The molecule has 0 N–H and O–H groups in total. The number of nitrogens with zero attached hydrogens (tertiary/aromatic N) is 1. The third kappa shape index (κ3) is 9.66. The van der Waals surface area contributed by atoms with Gasteiger partial charge in [-0.05, 0) is 6.92 Å². The first kappa shape index (κ1) is 11.7. The van der Waals surface area contributed by atoms with Gasteiger partial charge in [0.05, 0.1) is 40.9 Å². The standard InChI is InChI=1S/C10H22NO/c1-10(2)9-12-8-6-7-11(3,4)5/h1,6-9H2,2-5H3/q+1. The van der Waals surface area contributed by atoms with Crippen molar-refractivity contribution in [1.29, 1.82) is 0 Å². The summed E-state index contributed by atoms with van der Waals surface area (Å²) in [5.41, 5.74) is 1.10. The monoisotopic (exact) mass is 172 g/mol. The van der Waals surface area contributed by atoms with E-state index in [2.05, 4.69) is 27.7 Å². The molecule has 0 aliphatic rings. The first-order chi connectivity index (χ1) is 5.42. The van der Waals surface area contributed by atoms with Crippen LogP contribution < -0.4 is 0 Å². The maximum Gasteiger partial charge on any atom is 0.0802 e. The summed E-state index contributed by atoms with van der Waals surface area (Å²) >= 11 is 0. The van der Waals surface area contributed by atoms with E-state index < -0.39 is 0 Å². The van der Waals surface area contributed by atoms with E-state index in [4.69, 9.17) is 4.74 Å². The lowest BCUT2D eigenvalue weighted by Gasteiger charge is -2.23. The van der Waals surface area contributed by atoms with Crippen molar-refractivity contribution in [1.82, 2.24) is 0 Å². The Hall–Kier alpha value is -0.340. The quantitative estimate of drug-likeness (QED) is 0.336. The summed E-state index contributed by atoms with van der Waals surface area (Å²) in [6.45, 7) is 8.48. The minimum atomic E-state index is 0.705. The Morgan fingerprint density at radius 3 is 2.33 bits per heavy atom. The highest BCUT2D eigenvalue weighted by Crippen LogP contribution is 1.95. The van der Waals surface area contributed by atoms with Gasteiger partial charge in [0.15, 0.2) is 0 Å². The molecule has 0 bridgehead atoms. The minimum Gasteiger partial charge on any atom is -0.377 e. The highest BCUT2D eigenvalue weighted by Gasteiger charge is 2.04. The van der Waals surface area contributed by atoms with Crippen molar-refractivity contribution in [3.8, 4) is 0 Å². The molecule has 12 heavy (non-hydrogen) atoms. The van der Waals surface area contributed by atoms with Crippen molar-refractivity contribution < 1.29 is 9.22 Å². The molecule has 0 saturated heterocycles. The molecule has 0 rings (SSSR count). The van der Waals surface area contributed by atoms with Crippen LogP contribution in [0.25, 0.3) is 0 Å². The summed E-state index contributed by atoms with van der Waals surface area (Å²) in [5.74, 6) is 0. The van der Waals surface area contributed by atoms with Gasteiger partial charge in [-0.2, -0.15) is 0 Å². The van der Waals surface area contributed by atoms with Crippen molar-refractivity contribution in [2.24, 2.45) is 0 Å². The lowest BCUT2D eigenvalue weighted by Crippen LogP contribution is -2.35. The van der Waals surface area contributed by atoms with Gasteiger partial charge in [-0.25, -0.2) is 0 Å². The Kier molecular flexibility index (Phi) is 5.18. The highest BCUT2D eigenvalue weighted by atomic mass is 16.5. The topological polar surface area (TPSA) is 9.23 Å². The van der Waals surface area contributed by atoms with E-state index in [0.29, 0.717) is 6.61 Å². The molecule has 2 nitrogen and oxygen atoms in total. The van der Waals surface area contributed by atoms with Gasteiger partial charge in [-0.15, -0.1) is 0 Å². The number of rotatable bonds is 6. The van der Waals surface area contributed by atoms with Gasteiger partial charge < -0.3 is 9.22 Å². The molecule has 0 aliphatic heterocycles. The van der Waals surface area contributed by atoms with E-state index in [9.17, 15) is 0 Å². The van der Waals surface area contributed by atoms with Gasteiger partial charge in [0.2, 0.25) is 0 Å². The average Bonchev–Trinajstić information content (AvgIpc) is 1.83. The van der Waals surface area contributed by atoms with Crippen molar-refractivity contribution in [2.75, 3.05) is 40.9 Å². The Balaban J connectivity index is 3.17. The van der Waals surface area contributed by atoms with E-state index in [0.717, 1.165) is 29.6 Å². The molecule has 0 aromatic carbocycles. The minimum absolute atomic E-state index is 0.705. The first-order valence-electron chi connectivity index (χ1n) is 4.44. The van der Waals surface area contributed by atoms with Crippen LogP contribution in [-0.2, 0) is 4.74 Å². The van der Waals surface area contributed by atoms with Crippen LogP contribution in [-0.4, -0.2) is 45.4 Å². The highest BCUT2D eigenvalue weighted by molar-refractivity contribution is 4.87.